The van der Waals surface area contributed by atoms with E-state index in [1.54, 1.807) is 7.11 Å². The fourth-order valence-corrected chi connectivity index (χ4v) is 2.22. The molecule has 1 rings (SSSR count). The summed E-state index contributed by atoms with van der Waals surface area (Å²) in [4.78, 5) is 10.7. The van der Waals surface area contributed by atoms with Gasteiger partial charge in [0.15, 0.2) is 0 Å². The highest BCUT2D eigenvalue weighted by Gasteiger charge is 2.19. The molecule has 0 unspecified atom stereocenters. The van der Waals surface area contributed by atoms with Crippen LogP contribution in [-0.4, -0.2) is 36.3 Å². The van der Waals surface area contributed by atoms with Gasteiger partial charge in [-0.1, -0.05) is 25.4 Å². The van der Waals surface area contributed by atoms with Crippen LogP contribution in [0.15, 0.2) is 6.33 Å². The maximum atomic E-state index is 6.07. The molecule has 0 aliphatic carbocycles. The van der Waals surface area contributed by atoms with E-state index in [-0.39, 0.29) is 0 Å². The fourth-order valence-electron chi connectivity index (χ4n) is 2.09. The van der Waals surface area contributed by atoms with E-state index in [1.165, 1.54) is 6.33 Å². The minimum atomic E-state index is 0.449. The molecule has 0 aliphatic rings. The zero-order valence-electron chi connectivity index (χ0n) is 11.6. The normalized spacial score (nSPS) is 11.0. The summed E-state index contributed by atoms with van der Waals surface area (Å²) >= 11 is 6.07. The Morgan fingerprint density at radius 2 is 2.00 bits per heavy atom. The largest absolute Gasteiger partial charge is 0.383 e. The number of ether oxygens (including phenoxy) is 1. The van der Waals surface area contributed by atoms with Crippen LogP contribution in [0.2, 0.25) is 5.15 Å². The summed E-state index contributed by atoms with van der Waals surface area (Å²) in [5, 5.41) is 0.522. The molecule has 0 saturated carbocycles. The molecular formula is C13H22ClN3O. The first-order valence-electron chi connectivity index (χ1n) is 6.38. The van der Waals surface area contributed by atoms with Crippen molar-refractivity contribution in [1.29, 1.82) is 0 Å². The topological polar surface area (TPSA) is 38.2 Å². The second-order valence-electron chi connectivity index (χ2n) is 4.27. The van der Waals surface area contributed by atoms with Gasteiger partial charge >= 0.3 is 0 Å². The number of nitrogens with zero attached hydrogens (tertiary/aromatic N) is 3. The van der Waals surface area contributed by atoms with E-state index < -0.39 is 0 Å². The van der Waals surface area contributed by atoms with Crippen LogP contribution >= 0.6 is 11.6 Å². The van der Waals surface area contributed by atoms with Crippen molar-refractivity contribution in [2.75, 3.05) is 25.2 Å². The summed E-state index contributed by atoms with van der Waals surface area (Å²) in [6.45, 7) is 7.83. The second-order valence-corrected chi connectivity index (χ2v) is 4.63. The Hall–Kier alpha value is -0.870. The Bertz CT molecular complexity index is 369. The van der Waals surface area contributed by atoms with Gasteiger partial charge in [-0.15, -0.1) is 0 Å². The van der Waals surface area contributed by atoms with Crippen LogP contribution in [-0.2, 0) is 4.74 Å². The monoisotopic (exact) mass is 271 g/mol. The highest BCUT2D eigenvalue weighted by Crippen LogP contribution is 2.25. The molecule has 0 bridgehead atoms. The lowest BCUT2D eigenvalue weighted by molar-refractivity contribution is 0.202. The fraction of sp³-hybridized carbons (Fsp3) is 0.692. The first-order valence-corrected chi connectivity index (χ1v) is 6.76. The predicted octanol–water partition coefficient (Wildman–Crippen LogP) is 3.08. The van der Waals surface area contributed by atoms with Gasteiger partial charge in [0.1, 0.15) is 17.3 Å². The summed E-state index contributed by atoms with van der Waals surface area (Å²) in [5.41, 5.74) is 0.933. The van der Waals surface area contributed by atoms with Crippen molar-refractivity contribution in [3.63, 3.8) is 0 Å². The molecule has 4 nitrogen and oxygen atoms in total. The molecule has 0 N–H and O–H groups in total. The molecule has 102 valence electrons. The standard InChI is InChI=1S/C13H22ClN3O/c1-5-11(6-2)17(7-8-18-4)13-10(3)12(14)15-9-16-13/h9,11H,5-8H2,1-4H3. The molecule has 5 heteroatoms. The number of aromatic nitrogens is 2. The number of rotatable bonds is 7. The van der Waals surface area contributed by atoms with Crippen molar-refractivity contribution in [1.82, 2.24) is 9.97 Å². The molecule has 1 heterocycles. The van der Waals surface area contributed by atoms with E-state index in [9.17, 15) is 0 Å². The molecule has 0 aromatic carbocycles. The Kier molecular flexibility index (Phi) is 6.36. The van der Waals surface area contributed by atoms with E-state index in [1.807, 2.05) is 6.92 Å². The lowest BCUT2D eigenvalue weighted by atomic mass is 10.1. The molecular weight excluding hydrogens is 250 g/mol. The zero-order valence-corrected chi connectivity index (χ0v) is 12.4. The number of halogens is 1. The van der Waals surface area contributed by atoms with Gasteiger partial charge in [0.05, 0.1) is 6.61 Å². The molecule has 0 saturated heterocycles. The van der Waals surface area contributed by atoms with Crippen molar-refractivity contribution in [2.24, 2.45) is 0 Å². The minimum Gasteiger partial charge on any atom is -0.383 e. The Morgan fingerprint density at radius 3 is 2.56 bits per heavy atom. The first-order chi connectivity index (χ1) is 8.65. The SMILES string of the molecule is CCC(CC)N(CCOC)c1ncnc(Cl)c1C. The third-order valence-electron chi connectivity index (χ3n) is 3.19. The molecule has 1 aromatic heterocycles. The Labute approximate surface area is 114 Å². The lowest BCUT2D eigenvalue weighted by Gasteiger charge is -2.32. The van der Waals surface area contributed by atoms with Crippen molar-refractivity contribution < 1.29 is 4.74 Å². The number of anilines is 1. The van der Waals surface area contributed by atoms with Crippen LogP contribution in [0.3, 0.4) is 0 Å². The second kappa shape index (κ2) is 7.54. The van der Waals surface area contributed by atoms with Gasteiger partial charge < -0.3 is 9.64 Å². The van der Waals surface area contributed by atoms with Crippen LogP contribution in [0.4, 0.5) is 5.82 Å². The summed E-state index contributed by atoms with van der Waals surface area (Å²) in [6, 6.07) is 0.449. The molecule has 0 fully saturated rings. The maximum Gasteiger partial charge on any atom is 0.137 e. The summed E-state index contributed by atoms with van der Waals surface area (Å²) in [6.07, 6.45) is 3.66. The van der Waals surface area contributed by atoms with Crippen LogP contribution in [0.1, 0.15) is 32.3 Å². The highest BCUT2D eigenvalue weighted by atomic mass is 35.5. The van der Waals surface area contributed by atoms with Crippen LogP contribution in [0.25, 0.3) is 0 Å². The Morgan fingerprint density at radius 1 is 1.33 bits per heavy atom. The van der Waals surface area contributed by atoms with Gasteiger partial charge in [-0.3, -0.25) is 0 Å². The molecule has 0 amide bonds. The predicted molar refractivity (Wildman–Crippen MR) is 75.4 cm³/mol. The third kappa shape index (κ3) is 3.56. The highest BCUT2D eigenvalue weighted by molar-refractivity contribution is 6.30. The van der Waals surface area contributed by atoms with Gasteiger partial charge in [-0.25, -0.2) is 9.97 Å². The van der Waals surface area contributed by atoms with Crippen molar-refractivity contribution in [3.05, 3.63) is 17.0 Å². The molecule has 18 heavy (non-hydrogen) atoms. The van der Waals surface area contributed by atoms with E-state index in [2.05, 4.69) is 28.7 Å². The third-order valence-corrected chi connectivity index (χ3v) is 3.57. The van der Waals surface area contributed by atoms with E-state index in [0.29, 0.717) is 17.8 Å². The van der Waals surface area contributed by atoms with Gasteiger partial charge in [0.2, 0.25) is 0 Å². The number of hydrogen-bond acceptors (Lipinski definition) is 4. The number of hydrogen-bond donors (Lipinski definition) is 0. The molecule has 0 atom stereocenters. The van der Waals surface area contributed by atoms with Gasteiger partial charge in [-0.2, -0.15) is 0 Å². The van der Waals surface area contributed by atoms with E-state index in [0.717, 1.165) is 30.8 Å². The first kappa shape index (κ1) is 15.2. The zero-order chi connectivity index (χ0) is 13.5. The number of methoxy groups -OCH3 is 1. The molecule has 1 aromatic rings. The van der Waals surface area contributed by atoms with Gasteiger partial charge in [0.25, 0.3) is 0 Å². The van der Waals surface area contributed by atoms with Crippen molar-refractivity contribution in [2.45, 2.75) is 39.7 Å². The smallest absolute Gasteiger partial charge is 0.137 e. The summed E-state index contributed by atoms with van der Waals surface area (Å²) < 4.78 is 5.19. The maximum absolute atomic E-state index is 6.07. The van der Waals surface area contributed by atoms with Gasteiger partial charge in [0, 0.05) is 25.3 Å². The lowest BCUT2D eigenvalue weighted by Crippen LogP contribution is -2.38. The van der Waals surface area contributed by atoms with Gasteiger partial charge in [-0.05, 0) is 19.8 Å². The summed E-state index contributed by atoms with van der Waals surface area (Å²) in [5.74, 6) is 0.917. The average molecular weight is 272 g/mol. The molecule has 0 aliphatic heterocycles. The van der Waals surface area contributed by atoms with Crippen molar-refractivity contribution in [3.8, 4) is 0 Å². The van der Waals surface area contributed by atoms with Crippen LogP contribution < -0.4 is 4.90 Å². The molecule has 0 radical (unpaired) electrons. The van der Waals surface area contributed by atoms with Crippen LogP contribution in [0.5, 0.6) is 0 Å². The quantitative estimate of drug-likeness (QED) is 0.715. The van der Waals surface area contributed by atoms with E-state index in [4.69, 9.17) is 16.3 Å². The van der Waals surface area contributed by atoms with Crippen LogP contribution in [0, 0.1) is 6.92 Å². The Balaban J connectivity index is 3.04. The van der Waals surface area contributed by atoms with E-state index >= 15 is 0 Å². The van der Waals surface area contributed by atoms with Crippen molar-refractivity contribution >= 4 is 17.4 Å². The molecule has 0 spiro atoms. The summed E-state index contributed by atoms with van der Waals surface area (Å²) in [7, 11) is 1.71. The average Bonchev–Trinajstić information content (AvgIpc) is 2.38. The minimum absolute atomic E-state index is 0.449.